The number of carbonyl (C=O) groups excluding carboxylic acids is 1. The lowest BCUT2D eigenvalue weighted by Gasteiger charge is -2.08. The number of benzene rings is 2. The van der Waals surface area contributed by atoms with E-state index in [0.29, 0.717) is 16.1 Å². The summed E-state index contributed by atoms with van der Waals surface area (Å²) in [6.45, 7) is 3.95. The lowest BCUT2D eigenvalue weighted by Crippen LogP contribution is -2.08. The van der Waals surface area contributed by atoms with Crippen LogP contribution >= 0.6 is 11.6 Å². The molecule has 0 atom stereocenters. The minimum absolute atomic E-state index is 0.0994. The van der Waals surface area contributed by atoms with Gasteiger partial charge >= 0.3 is 5.97 Å². The van der Waals surface area contributed by atoms with Crippen molar-refractivity contribution >= 4 is 23.3 Å². The Balaban J connectivity index is 2.03. The molecule has 0 saturated heterocycles. The van der Waals surface area contributed by atoms with E-state index in [1.165, 1.54) is 19.2 Å². The minimum atomic E-state index is -0.652. The summed E-state index contributed by atoms with van der Waals surface area (Å²) < 4.78 is 6.40. The number of nitrogens with zero attached hydrogens (tertiary/aromatic N) is 4. The molecular weight excluding hydrogens is 408 g/mol. The Bertz CT molecular complexity index is 1210. The van der Waals surface area contributed by atoms with Gasteiger partial charge in [0.15, 0.2) is 0 Å². The van der Waals surface area contributed by atoms with Crippen LogP contribution < -0.4 is 0 Å². The molecule has 0 saturated carbocycles. The predicted octanol–water partition coefficient (Wildman–Crippen LogP) is 4.44. The van der Waals surface area contributed by atoms with Crippen molar-refractivity contribution in [1.29, 1.82) is 5.26 Å². The molecule has 0 fully saturated rings. The van der Waals surface area contributed by atoms with E-state index < -0.39 is 10.9 Å². The van der Waals surface area contributed by atoms with Gasteiger partial charge in [-0.1, -0.05) is 17.7 Å². The second-order valence-corrected chi connectivity index (χ2v) is 7.05. The minimum Gasteiger partial charge on any atom is -0.465 e. The van der Waals surface area contributed by atoms with Crippen LogP contribution in [0.1, 0.15) is 32.9 Å². The molecule has 8 nitrogen and oxygen atoms in total. The lowest BCUT2D eigenvalue weighted by atomic mass is 10.0. The summed E-state index contributed by atoms with van der Waals surface area (Å²) in [6.07, 6.45) is 0. The molecule has 1 aromatic heterocycles. The maximum atomic E-state index is 11.9. The number of nitriles is 1. The molecule has 0 aliphatic carbocycles. The van der Waals surface area contributed by atoms with Gasteiger partial charge in [-0.25, -0.2) is 4.79 Å². The van der Waals surface area contributed by atoms with Gasteiger partial charge in [0.2, 0.25) is 0 Å². The van der Waals surface area contributed by atoms with Gasteiger partial charge in [-0.2, -0.15) is 10.4 Å². The molecule has 0 aliphatic heterocycles. The molecule has 0 radical (unpaired) electrons. The molecule has 0 aliphatic rings. The number of ether oxygens (including phenoxy) is 1. The number of rotatable bonds is 5. The summed E-state index contributed by atoms with van der Waals surface area (Å²) in [7, 11) is 1.22. The van der Waals surface area contributed by atoms with Crippen LogP contribution in [0, 0.1) is 35.3 Å². The highest BCUT2D eigenvalue weighted by molar-refractivity contribution is 6.32. The number of aromatic nitrogens is 2. The number of hydrogen-bond donors (Lipinski definition) is 0. The van der Waals surface area contributed by atoms with Crippen molar-refractivity contribution in [2.75, 3.05) is 7.11 Å². The van der Waals surface area contributed by atoms with Gasteiger partial charge in [0.1, 0.15) is 6.07 Å². The van der Waals surface area contributed by atoms with Crippen LogP contribution in [0.3, 0.4) is 0 Å². The second-order valence-electron chi connectivity index (χ2n) is 6.65. The van der Waals surface area contributed by atoms with Crippen molar-refractivity contribution in [3.63, 3.8) is 0 Å². The Morgan fingerprint density at radius 1 is 1.30 bits per heavy atom. The Labute approximate surface area is 177 Å². The van der Waals surface area contributed by atoms with E-state index in [4.69, 9.17) is 21.6 Å². The van der Waals surface area contributed by atoms with Gasteiger partial charge in [0, 0.05) is 23.4 Å². The van der Waals surface area contributed by atoms with Gasteiger partial charge in [0.25, 0.3) is 5.69 Å². The molecule has 1 heterocycles. The maximum absolute atomic E-state index is 11.9. The summed E-state index contributed by atoms with van der Waals surface area (Å²) in [5, 5.41) is 25.2. The third-order valence-electron chi connectivity index (χ3n) is 4.70. The molecule has 0 amide bonds. The van der Waals surface area contributed by atoms with Crippen LogP contribution in [-0.2, 0) is 11.3 Å². The van der Waals surface area contributed by atoms with E-state index in [9.17, 15) is 14.9 Å². The number of nitro benzene ring substituents is 1. The van der Waals surface area contributed by atoms with E-state index >= 15 is 0 Å². The molecule has 9 heteroatoms. The van der Waals surface area contributed by atoms with Gasteiger partial charge in [0.05, 0.1) is 40.4 Å². The van der Waals surface area contributed by atoms with Crippen LogP contribution in [0.4, 0.5) is 5.69 Å². The smallest absolute Gasteiger partial charge is 0.338 e. The molecule has 3 rings (SSSR count). The SMILES string of the molecule is COC(=O)c1cc(Cn2nc(C)c(-c3ccc(C#N)c(Cl)c3)c2C)cc([N+](=O)[O-])c1. The average molecular weight is 425 g/mol. The quantitative estimate of drug-likeness (QED) is 0.340. The number of methoxy groups -OCH3 is 1. The summed E-state index contributed by atoms with van der Waals surface area (Å²) in [6, 6.07) is 11.3. The van der Waals surface area contributed by atoms with Crippen molar-refractivity contribution in [3.05, 3.63) is 79.6 Å². The van der Waals surface area contributed by atoms with Gasteiger partial charge in [-0.15, -0.1) is 0 Å². The summed E-state index contributed by atoms with van der Waals surface area (Å²) in [5.74, 6) is -0.652. The number of nitro groups is 1. The first-order chi connectivity index (χ1) is 14.2. The number of esters is 1. The van der Waals surface area contributed by atoms with Gasteiger partial charge < -0.3 is 4.74 Å². The molecule has 0 bridgehead atoms. The molecule has 0 N–H and O–H groups in total. The fourth-order valence-corrected chi connectivity index (χ4v) is 3.53. The normalized spacial score (nSPS) is 10.5. The topological polar surface area (TPSA) is 111 Å². The summed E-state index contributed by atoms with van der Waals surface area (Å²) in [5.41, 5.74) is 4.06. The Kier molecular flexibility index (Phi) is 5.85. The zero-order valence-corrected chi connectivity index (χ0v) is 17.2. The fourth-order valence-electron chi connectivity index (χ4n) is 3.31. The summed E-state index contributed by atoms with van der Waals surface area (Å²) in [4.78, 5) is 22.6. The van der Waals surface area contributed by atoms with Crippen LogP contribution in [0.25, 0.3) is 11.1 Å². The van der Waals surface area contributed by atoms with Crippen LogP contribution in [0.2, 0.25) is 5.02 Å². The van der Waals surface area contributed by atoms with Crippen molar-refractivity contribution < 1.29 is 14.5 Å². The number of aryl methyl sites for hydroxylation is 1. The predicted molar refractivity (Wildman–Crippen MR) is 110 cm³/mol. The monoisotopic (exact) mass is 424 g/mol. The molecule has 0 spiro atoms. The first-order valence-electron chi connectivity index (χ1n) is 8.85. The molecule has 2 aromatic carbocycles. The first kappa shape index (κ1) is 21.0. The Morgan fingerprint density at radius 3 is 2.63 bits per heavy atom. The number of non-ortho nitro benzene ring substituents is 1. The Morgan fingerprint density at radius 2 is 2.03 bits per heavy atom. The highest BCUT2D eigenvalue weighted by Gasteiger charge is 2.18. The van der Waals surface area contributed by atoms with E-state index in [2.05, 4.69) is 5.10 Å². The van der Waals surface area contributed by atoms with Gasteiger partial charge in [-0.3, -0.25) is 14.8 Å². The maximum Gasteiger partial charge on any atom is 0.338 e. The fraction of sp³-hybridized carbons (Fsp3) is 0.190. The Hall–Kier alpha value is -3.70. The molecule has 152 valence electrons. The number of hydrogen-bond acceptors (Lipinski definition) is 6. The van der Waals surface area contributed by atoms with Crippen LogP contribution in [0.15, 0.2) is 36.4 Å². The standard InChI is InChI=1S/C21H17ClN4O4/c1-12-20(15-4-5-16(10-23)19(22)9-15)13(2)25(24-12)11-14-6-17(21(27)30-3)8-18(7-14)26(28)29/h4-9H,11H2,1-3H3. The number of carbonyl (C=O) groups is 1. The zero-order valence-electron chi connectivity index (χ0n) is 16.5. The largest absolute Gasteiger partial charge is 0.465 e. The average Bonchev–Trinajstić information content (AvgIpc) is 2.99. The first-order valence-corrected chi connectivity index (χ1v) is 9.23. The van der Waals surface area contributed by atoms with Crippen molar-refractivity contribution in [2.24, 2.45) is 0 Å². The highest BCUT2D eigenvalue weighted by atomic mass is 35.5. The molecule has 0 unspecified atom stereocenters. The zero-order chi connectivity index (χ0) is 22.0. The van der Waals surface area contributed by atoms with E-state index in [1.54, 1.807) is 28.9 Å². The van der Waals surface area contributed by atoms with E-state index in [0.717, 1.165) is 22.5 Å². The van der Waals surface area contributed by atoms with E-state index in [-0.39, 0.29) is 17.8 Å². The molecular formula is C21H17ClN4O4. The van der Waals surface area contributed by atoms with E-state index in [1.807, 2.05) is 19.9 Å². The molecule has 3 aromatic rings. The third kappa shape index (κ3) is 4.02. The van der Waals surface area contributed by atoms with Crippen molar-refractivity contribution in [3.8, 4) is 17.2 Å². The lowest BCUT2D eigenvalue weighted by molar-refractivity contribution is -0.385. The highest BCUT2D eigenvalue weighted by Crippen LogP contribution is 2.31. The van der Waals surface area contributed by atoms with Crippen molar-refractivity contribution in [1.82, 2.24) is 9.78 Å². The van der Waals surface area contributed by atoms with Crippen molar-refractivity contribution in [2.45, 2.75) is 20.4 Å². The third-order valence-corrected chi connectivity index (χ3v) is 5.01. The van der Waals surface area contributed by atoms with Crippen LogP contribution in [-0.4, -0.2) is 27.8 Å². The summed E-state index contributed by atoms with van der Waals surface area (Å²) >= 11 is 6.17. The van der Waals surface area contributed by atoms with Crippen LogP contribution in [0.5, 0.6) is 0 Å². The number of halogens is 1. The second kappa shape index (κ2) is 8.35. The molecule has 30 heavy (non-hydrogen) atoms. The van der Waals surface area contributed by atoms with Gasteiger partial charge in [-0.05, 0) is 43.2 Å².